The van der Waals surface area contributed by atoms with Crippen LogP contribution in [-0.2, 0) is 11.3 Å². The standard InChI is InChI=1S/C15H18BrN3O2S/c1-9(2)8-19-14(21)11-7-10(16)3-4-12(11)18-15(19)22-6-5-13(17)20/h3-4,7,9H,5-6,8H2,1-2H3,(H2,17,20). The first kappa shape index (κ1) is 17.0. The summed E-state index contributed by atoms with van der Waals surface area (Å²) in [6, 6.07) is 5.47. The molecule has 0 aliphatic heterocycles. The van der Waals surface area contributed by atoms with Crippen molar-refractivity contribution in [2.75, 3.05) is 5.75 Å². The minimum absolute atomic E-state index is 0.0541. The zero-order valence-electron chi connectivity index (χ0n) is 12.5. The van der Waals surface area contributed by atoms with E-state index in [2.05, 4.69) is 34.8 Å². The number of nitrogens with zero attached hydrogens (tertiary/aromatic N) is 2. The van der Waals surface area contributed by atoms with Crippen molar-refractivity contribution in [3.8, 4) is 0 Å². The summed E-state index contributed by atoms with van der Waals surface area (Å²) in [6.07, 6.45) is 0.264. The van der Waals surface area contributed by atoms with Crippen LogP contribution >= 0.6 is 27.7 Å². The Kier molecular flexibility index (Phi) is 5.63. The molecule has 5 nitrogen and oxygen atoms in total. The van der Waals surface area contributed by atoms with Gasteiger partial charge in [0.2, 0.25) is 5.91 Å². The fourth-order valence-electron chi connectivity index (χ4n) is 2.05. The lowest BCUT2D eigenvalue weighted by Gasteiger charge is -2.14. The van der Waals surface area contributed by atoms with Crippen molar-refractivity contribution < 1.29 is 4.79 Å². The van der Waals surface area contributed by atoms with E-state index in [1.807, 2.05) is 12.1 Å². The zero-order chi connectivity index (χ0) is 16.3. The highest BCUT2D eigenvalue weighted by molar-refractivity contribution is 9.10. The van der Waals surface area contributed by atoms with Crippen LogP contribution in [0.4, 0.5) is 0 Å². The van der Waals surface area contributed by atoms with Crippen molar-refractivity contribution >= 4 is 44.5 Å². The summed E-state index contributed by atoms with van der Waals surface area (Å²) in [6.45, 7) is 4.69. The lowest BCUT2D eigenvalue weighted by Crippen LogP contribution is -2.25. The number of nitrogens with two attached hydrogens (primary N) is 1. The lowest BCUT2D eigenvalue weighted by atomic mass is 10.2. The maximum absolute atomic E-state index is 12.7. The molecule has 2 N–H and O–H groups in total. The highest BCUT2D eigenvalue weighted by Gasteiger charge is 2.13. The Morgan fingerprint density at radius 2 is 2.18 bits per heavy atom. The van der Waals surface area contributed by atoms with Crippen LogP contribution in [0.25, 0.3) is 10.9 Å². The van der Waals surface area contributed by atoms with Gasteiger partial charge in [0.25, 0.3) is 5.56 Å². The van der Waals surface area contributed by atoms with E-state index in [-0.39, 0.29) is 17.9 Å². The molecule has 1 aromatic heterocycles. The molecule has 2 aromatic rings. The predicted octanol–water partition coefficient (Wildman–Crippen LogP) is 2.78. The van der Waals surface area contributed by atoms with Gasteiger partial charge in [-0.15, -0.1) is 0 Å². The quantitative estimate of drug-likeness (QED) is 0.614. The van der Waals surface area contributed by atoms with Gasteiger partial charge in [0.05, 0.1) is 10.9 Å². The fourth-order valence-corrected chi connectivity index (χ4v) is 3.38. The normalized spacial score (nSPS) is 11.3. The molecule has 0 aliphatic rings. The van der Waals surface area contributed by atoms with E-state index in [0.717, 1.165) is 4.47 Å². The Morgan fingerprint density at radius 3 is 2.82 bits per heavy atom. The summed E-state index contributed by atoms with van der Waals surface area (Å²) in [5.74, 6) is 0.483. The number of carbonyl (C=O) groups excluding carboxylic acids is 1. The number of benzene rings is 1. The van der Waals surface area contributed by atoms with E-state index in [1.54, 1.807) is 10.6 Å². The van der Waals surface area contributed by atoms with Crippen molar-refractivity contribution in [1.29, 1.82) is 0 Å². The van der Waals surface area contributed by atoms with Gasteiger partial charge in [-0.05, 0) is 24.1 Å². The van der Waals surface area contributed by atoms with Crippen LogP contribution in [0.2, 0.25) is 0 Å². The van der Waals surface area contributed by atoms with Gasteiger partial charge in [-0.3, -0.25) is 14.2 Å². The highest BCUT2D eigenvalue weighted by atomic mass is 79.9. The van der Waals surface area contributed by atoms with E-state index >= 15 is 0 Å². The third-order valence-corrected chi connectivity index (χ3v) is 4.48. The Labute approximate surface area is 141 Å². The van der Waals surface area contributed by atoms with Crippen molar-refractivity contribution in [3.63, 3.8) is 0 Å². The molecule has 0 unspecified atom stereocenters. The van der Waals surface area contributed by atoms with E-state index in [1.165, 1.54) is 11.8 Å². The predicted molar refractivity (Wildman–Crippen MR) is 93.1 cm³/mol. The number of hydrogen-bond acceptors (Lipinski definition) is 4. The molecule has 0 fully saturated rings. The van der Waals surface area contributed by atoms with Crippen molar-refractivity contribution in [1.82, 2.24) is 9.55 Å². The minimum Gasteiger partial charge on any atom is -0.370 e. The number of hydrogen-bond donors (Lipinski definition) is 1. The summed E-state index contributed by atoms with van der Waals surface area (Å²) >= 11 is 4.78. The Morgan fingerprint density at radius 1 is 1.45 bits per heavy atom. The maximum Gasteiger partial charge on any atom is 0.262 e. The Hall–Kier alpha value is -1.34. The molecule has 1 amide bonds. The SMILES string of the molecule is CC(C)Cn1c(SCCC(N)=O)nc2ccc(Br)cc2c1=O. The molecule has 1 aromatic carbocycles. The summed E-state index contributed by atoms with van der Waals surface area (Å²) in [7, 11) is 0. The second-order valence-electron chi connectivity index (χ2n) is 5.43. The Bertz CT molecular complexity index is 758. The average Bonchev–Trinajstić information content (AvgIpc) is 2.43. The topological polar surface area (TPSA) is 78.0 Å². The van der Waals surface area contributed by atoms with Crippen LogP contribution in [0.5, 0.6) is 0 Å². The third kappa shape index (κ3) is 4.10. The van der Waals surface area contributed by atoms with E-state index in [9.17, 15) is 9.59 Å². The first-order valence-electron chi connectivity index (χ1n) is 6.99. The van der Waals surface area contributed by atoms with Crippen molar-refractivity contribution in [2.24, 2.45) is 11.7 Å². The number of fused-ring (bicyclic) bond motifs is 1. The molecule has 7 heteroatoms. The van der Waals surface area contributed by atoms with Gasteiger partial charge in [0.1, 0.15) is 0 Å². The molecular formula is C15H18BrN3O2S. The summed E-state index contributed by atoms with van der Waals surface area (Å²) in [5.41, 5.74) is 5.77. The second-order valence-corrected chi connectivity index (χ2v) is 7.41. The van der Waals surface area contributed by atoms with Crippen LogP contribution in [0.15, 0.2) is 32.6 Å². The molecule has 0 spiro atoms. The molecule has 2 rings (SSSR count). The van der Waals surface area contributed by atoms with Gasteiger partial charge < -0.3 is 5.73 Å². The van der Waals surface area contributed by atoms with E-state index < -0.39 is 0 Å². The van der Waals surface area contributed by atoms with Crippen LogP contribution in [0.1, 0.15) is 20.3 Å². The van der Waals surface area contributed by atoms with E-state index in [4.69, 9.17) is 5.73 Å². The van der Waals surface area contributed by atoms with Crippen molar-refractivity contribution in [3.05, 3.63) is 33.0 Å². The molecule has 118 valence electrons. The third-order valence-electron chi connectivity index (χ3n) is 3.01. The average molecular weight is 384 g/mol. The van der Waals surface area contributed by atoms with Gasteiger partial charge in [-0.25, -0.2) is 4.98 Å². The van der Waals surface area contributed by atoms with Crippen molar-refractivity contribution in [2.45, 2.75) is 32.0 Å². The number of rotatable bonds is 6. The van der Waals surface area contributed by atoms with Gasteiger partial charge in [-0.1, -0.05) is 41.5 Å². The van der Waals surface area contributed by atoms with Gasteiger partial charge in [-0.2, -0.15) is 0 Å². The zero-order valence-corrected chi connectivity index (χ0v) is 14.9. The largest absolute Gasteiger partial charge is 0.370 e. The van der Waals surface area contributed by atoms with Crippen LogP contribution < -0.4 is 11.3 Å². The number of primary amides is 1. The summed E-state index contributed by atoms with van der Waals surface area (Å²) < 4.78 is 2.54. The smallest absolute Gasteiger partial charge is 0.262 e. The monoisotopic (exact) mass is 383 g/mol. The van der Waals surface area contributed by atoms with Gasteiger partial charge >= 0.3 is 0 Å². The highest BCUT2D eigenvalue weighted by Crippen LogP contribution is 2.21. The first-order chi connectivity index (χ1) is 10.4. The van der Waals surface area contributed by atoms with E-state index in [0.29, 0.717) is 34.3 Å². The number of amides is 1. The molecule has 0 aliphatic carbocycles. The molecule has 0 radical (unpaired) electrons. The van der Waals surface area contributed by atoms with Crippen LogP contribution in [0.3, 0.4) is 0 Å². The summed E-state index contributed by atoms with van der Waals surface area (Å²) in [4.78, 5) is 28.2. The van der Waals surface area contributed by atoms with Crippen LogP contribution in [-0.4, -0.2) is 21.2 Å². The molecule has 0 bridgehead atoms. The molecule has 1 heterocycles. The maximum atomic E-state index is 12.7. The first-order valence-corrected chi connectivity index (χ1v) is 8.77. The summed E-state index contributed by atoms with van der Waals surface area (Å²) in [5, 5.41) is 1.23. The molecule has 22 heavy (non-hydrogen) atoms. The minimum atomic E-state index is -0.352. The second kappa shape index (κ2) is 7.28. The number of thioether (sulfide) groups is 1. The van der Waals surface area contributed by atoms with Crippen LogP contribution in [0, 0.1) is 5.92 Å². The van der Waals surface area contributed by atoms with Gasteiger partial charge in [0, 0.05) is 23.2 Å². The Balaban J connectivity index is 2.49. The molecule has 0 saturated heterocycles. The molecular weight excluding hydrogens is 366 g/mol. The number of aromatic nitrogens is 2. The fraction of sp³-hybridized carbons (Fsp3) is 0.400. The molecule has 0 saturated carbocycles. The molecule has 0 atom stereocenters. The number of carbonyl (C=O) groups is 1. The van der Waals surface area contributed by atoms with Gasteiger partial charge in [0.15, 0.2) is 5.16 Å². The number of halogens is 1. The lowest BCUT2D eigenvalue weighted by molar-refractivity contribution is -0.117.